The van der Waals surface area contributed by atoms with E-state index in [1.165, 1.54) is 4.90 Å². The Morgan fingerprint density at radius 2 is 2.19 bits per heavy atom. The summed E-state index contributed by atoms with van der Waals surface area (Å²) in [5.74, 6) is 1.63. The number of halogens is 1. The number of benzene rings is 2. The smallest absolute Gasteiger partial charge is 0.249 e. The van der Waals surface area contributed by atoms with Crippen molar-refractivity contribution in [2.75, 3.05) is 12.9 Å². The van der Waals surface area contributed by atoms with Crippen LogP contribution in [0, 0.1) is 0 Å². The van der Waals surface area contributed by atoms with Crippen molar-refractivity contribution in [3.63, 3.8) is 0 Å². The van der Waals surface area contributed by atoms with E-state index in [0.717, 1.165) is 29.1 Å². The van der Waals surface area contributed by atoms with Gasteiger partial charge in [-0.25, -0.2) is 0 Å². The number of methoxy groups -OCH3 is 1. The third-order valence-electron chi connectivity index (χ3n) is 4.33. The van der Waals surface area contributed by atoms with E-state index in [1.54, 1.807) is 25.8 Å². The number of carbonyl (C=O) groups excluding carboxylic acids is 1. The third kappa shape index (κ3) is 4.72. The molecule has 6 heteroatoms. The van der Waals surface area contributed by atoms with Crippen LogP contribution in [0.3, 0.4) is 0 Å². The van der Waals surface area contributed by atoms with Gasteiger partial charge in [0.05, 0.1) is 19.8 Å². The molecule has 1 N–H and O–H groups in total. The number of amides is 1. The van der Waals surface area contributed by atoms with Gasteiger partial charge in [0.15, 0.2) is 0 Å². The predicted octanol–water partition coefficient (Wildman–Crippen LogP) is 4.61. The number of carbonyl (C=O) groups is 1. The summed E-state index contributed by atoms with van der Waals surface area (Å²) in [5.41, 5.74) is 2.05. The Labute approximate surface area is 163 Å². The second kappa shape index (κ2) is 8.80. The molecule has 1 aliphatic rings. The van der Waals surface area contributed by atoms with Crippen LogP contribution in [-0.4, -0.2) is 24.9 Å². The van der Waals surface area contributed by atoms with E-state index in [-0.39, 0.29) is 11.9 Å². The van der Waals surface area contributed by atoms with Crippen molar-refractivity contribution in [2.45, 2.75) is 37.0 Å². The van der Waals surface area contributed by atoms with Gasteiger partial charge in [0.1, 0.15) is 11.9 Å². The largest absolute Gasteiger partial charge is 0.497 e. The van der Waals surface area contributed by atoms with Crippen molar-refractivity contribution < 1.29 is 14.3 Å². The monoisotopic (exact) mass is 391 g/mol. The van der Waals surface area contributed by atoms with Gasteiger partial charge in [-0.15, -0.1) is 11.8 Å². The van der Waals surface area contributed by atoms with E-state index >= 15 is 0 Å². The first kappa shape index (κ1) is 19.1. The Hall–Kier alpha value is -1.69. The number of fused-ring (bicyclic) bond motifs is 1. The number of hydrogen-bond acceptors (Lipinski definition) is 4. The number of thioether (sulfide) groups is 1. The van der Waals surface area contributed by atoms with Gasteiger partial charge in [-0.05, 0) is 54.8 Å². The van der Waals surface area contributed by atoms with Gasteiger partial charge >= 0.3 is 0 Å². The molecule has 1 amide bonds. The molecule has 1 aliphatic heterocycles. The van der Waals surface area contributed by atoms with Gasteiger partial charge in [0, 0.05) is 15.7 Å². The maximum atomic E-state index is 12.5. The fourth-order valence-corrected chi connectivity index (χ4v) is 4.15. The van der Waals surface area contributed by atoms with Crippen molar-refractivity contribution >= 4 is 29.3 Å². The van der Waals surface area contributed by atoms with E-state index in [4.69, 9.17) is 21.1 Å². The second-order valence-electron chi connectivity index (χ2n) is 6.19. The summed E-state index contributed by atoms with van der Waals surface area (Å²) in [5, 5.41) is 3.79. The number of nitrogens with one attached hydrogen (secondary N) is 1. The molecular weight excluding hydrogens is 370 g/mol. The summed E-state index contributed by atoms with van der Waals surface area (Å²) in [6, 6.07) is 13.5. The quantitative estimate of drug-likeness (QED) is 0.781. The van der Waals surface area contributed by atoms with Crippen molar-refractivity contribution in [3.8, 4) is 5.75 Å². The number of rotatable bonds is 6. The Bertz CT molecular complexity index is 783. The fraction of sp³-hybridized carbons (Fsp3) is 0.350. The molecular formula is C20H22ClNO3S. The molecule has 0 aliphatic carbocycles. The van der Waals surface area contributed by atoms with Gasteiger partial charge in [0.2, 0.25) is 5.91 Å². The van der Waals surface area contributed by atoms with Crippen molar-refractivity contribution in [2.24, 2.45) is 0 Å². The van der Waals surface area contributed by atoms with Crippen LogP contribution >= 0.6 is 23.4 Å². The van der Waals surface area contributed by atoms with E-state index in [1.807, 2.05) is 42.5 Å². The van der Waals surface area contributed by atoms with Crippen molar-refractivity contribution in [1.29, 1.82) is 0 Å². The highest BCUT2D eigenvalue weighted by molar-refractivity contribution is 7.99. The van der Waals surface area contributed by atoms with Crippen LogP contribution in [-0.2, 0) is 16.1 Å². The normalized spacial score (nSPS) is 17.3. The minimum atomic E-state index is -0.543. The van der Waals surface area contributed by atoms with Crippen LogP contribution in [0.1, 0.15) is 30.5 Å². The van der Waals surface area contributed by atoms with Gasteiger partial charge in [-0.3, -0.25) is 4.79 Å². The lowest BCUT2D eigenvalue weighted by Crippen LogP contribution is -2.38. The van der Waals surface area contributed by atoms with Crippen LogP contribution in [0.2, 0.25) is 5.02 Å². The summed E-state index contributed by atoms with van der Waals surface area (Å²) in [6.45, 7) is 2.13. The number of hydrogen-bond donors (Lipinski definition) is 1. The summed E-state index contributed by atoms with van der Waals surface area (Å²) < 4.78 is 10.9. The van der Waals surface area contributed by atoms with Crippen LogP contribution in [0.5, 0.6) is 5.75 Å². The number of ether oxygens (including phenoxy) is 2. The molecule has 0 bridgehead atoms. The lowest BCUT2D eigenvalue weighted by molar-refractivity contribution is -0.133. The SMILES string of the molecule is COc1cccc(COC(C)C(=O)NC2CCSc3ccc(Cl)cc32)c1. The zero-order chi connectivity index (χ0) is 18.5. The topological polar surface area (TPSA) is 47.6 Å². The summed E-state index contributed by atoms with van der Waals surface area (Å²) >= 11 is 7.92. The maximum absolute atomic E-state index is 12.5. The maximum Gasteiger partial charge on any atom is 0.249 e. The molecule has 2 atom stereocenters. The van der Waals surface area contributed by atoms with Crippen LogP contribution < -0.4 is 10.1 Å². The highest BCUT2D eigenvalue weighted by atomic mass is 35.5. The molecule has 0 radical (unpaired) electrons. The lowest BCUT2D eigenvalue weighted by atomic mass is 10.0. The minimum Gasteiger partial charge on any atom is -0.497 e. The van der Waals surface area contributed by atoms with E-state index in [2.05, 4.69) is 5.32 Å². The molecule has 2 unspecified atom stereocenters. The molecule has 26 heavy (non-hydrogen) atoms. The van der Waals surface area contributed by atoms with Crippen molar-refractivity contribution in [3.05, 3.63) is 58.6 Å². The average molecular weight is 392 g/mol. The molecule has 2 aromatic rings. The molecule has 0 aromatic heterocycles. The Balaban J connectivity index is 1.59. The Morgan fingerprint density at radius 1 is 1.35 bits per heavy atom. The zero-order valence-electron chi connectivity index (χ0n) is 14.8. The molecule has 0 spiro atoms. The molecule has 0 saturated heterocycles. The second-order valence-corrected chi connectivity index (χ2v) is 7.76. The van der Waals surface area contributed by atoms with Gasteiger partial charge in [-0.2, -0.15) is 0 Å². The highest BCUT2D eigenvalue weighted by Crippen LogP contribution is 2.37. The Morgan fingerprint density at radius 3 is 3.00 bits per heavy atom. The predicted molar refractivity (Wildman–Crippen MR) is 105 cm³/mol. The zero-order valence-corrected chi connectivity index (χ0v) is 16.4. The van der Waals surface area contributed by atoms with E-state index in [9.17, 15) is 4.79 Å². The van der Waals surface area contributed by atoms with Crippen LogP contribution in [0.4, 0.5) is 0 Å². The molecule has 3 rings (SSSR count). The van der Waals surface area contributed by atoms with E-state index in [0.29, 0.717) is 11.6 Å². The Kier molecular flexibility index (Phi) is 6.46. The first-order chi connectivity index (χ1) is 12.6. The lowest BCUT2D eigenvalue weighted by Gasteiger charge is -2.27. The molecule has 138 valence electrons. The molecule has 2 aromatic carbocycles. The third-order valence-corrected chi connectivity index (χ3v) is 5.69. The van der Waals surface area contributed by atoms with Crippen LogP contribution in [0.25, 0.3) is 0 Å². The standard InChI is InChI=1S/C20H22ClNO3S/c1-13(25-12-14-4-3-5-16(10-14)24-2)20(23)22-18-8-9-26-19-7-6-15(21)11-17(18)19/h3-7,10-11,13,18H,8-9,12H2,1-2H3,(H,22,23). The molecule has 1 heterocycles. The van der Waals surface area contributed by atoms with Gasteiger partial charge in [-0.1, -0.05) is 23.7 Å². The van der Waals surface area contributed by atoms with E-state index < -0.39 is 6.10 Å². The first-order valence-corrected chi connectivity index (χ1v) is 9.90. The highest BCUT2D eigenvalue weighted by Gasteiger charge is 2.25. The summed E-state index contributed by atoms with van der Waals surface area (Å²) in [7, 11) is 1.63. The fourth-order valence-electron chi connectivity index (χ4n) is 2.86. The summed E-state index contributed by atoms with van der Waals surface area (Å²) in [6.07, 6.45) is 0.338. The molecule has 0 fully saturated rings. The van der Waals surface area contributed by atoms with Gasteiger partial charge < -0.3 is 14.8 Å². The van der Waals surface area contributed by atoms with Gasteiger partial charge in [0.25, 0.3) is 0 Å². The summed E-state index contributed by atoms with van der Waals surface area (Å²) in [4.78, 5) is 13.7. The average Bonchev–Trinajstić information content (AvgIpc) is 2.66. The molecule has 0 saturated carbocycles. The minimum absolute atomic E-state index is 0.0275. The first-order valence-electron chi connectivity index (χ1n) is 8.54. The van der Waals surface area contributed by atoms with Crippen LogP contribution in [0.15, 0.2) is 47.4 Å². The van der Waals surface area contributed by atoms with Crippen molar-refractivity contribution in [1.82, 2.24) is 5.32 Å². The molecule has 4 nitrogen and oxygen atoms in total.